The number of hydrogen-bond donors (Lipinski definition) is 1. The molecule has 1 N–H and O–H groups in total. The average Bonchev–Trinajstić information content (AvgIpc) is 2.77. The van der Waals surface area contributed by atoms with Crippen LogP contribution in [0.2, 0.25) is 5.02 Å². The minimum atomic E-state index is 0.401. The predicted molar refractivity (Wildman–Crippen MR) is 124 cm³/mol. The minimum absolute atomic E-state index is 0.401. The van der Waals surface area contributed by atoms with Crippen LogP contribution in [0.5, 0.6) is 17.2 Å². The van der Waals surface area contributed by atoms with E-state index in [9.17, 15) is 0 Å². The summed E-state index contributed by atoms with van der Waals surface area (Å²) in [5.41, 5.74) is 5.95. The topological polar surface area (TPSA) is 52.1 Å². The van der Waals surface area contributed by atoms with Crippen molar-refractivity contribution in [1.29, 1.82) is 0 Å². The number of ether oxygens (including phenoxy) is 3. The van der Waals surface area contributed by atoms with Gasteiger partial charge in [0.2, 0.25) is 0 Å². The highest BCUT2D eigenvalue weighted by Gasteiger charge is 2.06. The fourth-order valence-electron chi connectivity index (χ4n) is 2.73. The van der Waals surface area contributed by atoms with E-state index >= 15 is 0 Å². The summed E-state index contributed by atoms with van der Waals surface area (Å²) in [5, 5.41) is 4.98. The molecule has 0 spiro atoms. The van der Waals surface area contributed by atoms with Gasteiger partial charge < -0.3 is 19.6 Å². The molecule has 0 atom stereocenters. The molecule has 0 radical (unpaired) electrons. The fraction of sp³-hybridized carbons (Fsp3) is 0.174. The van der Waals surface area contributed by atoms with Gasteiger partial charge in [0.05, 0.1) is 31.5 Å². The zero-order chi connectivity index (χ0) is 21.3. The van der Waals surface area contributed by atoms with E-state index in [1.54, 1.807) is 20.4 Å². The quantitative estimate of drug-likeness (QED) is 0.304. The lowest BCUT2D eigenvalue weighted by molar-refractivity contribution is 0.304. The molecule has 0 aliphatic rings. The van der Waals surface area contributed by atoms with Crippen molar-refractivity contribution in [3.05, 3.63) is 86.8 Å². The second-order valence-corrected chi connectivity index (χ2v) is 7.61. The molecule has 0 saturated carbocycles. The summed E-state index contributed by atoms with van der Waals surface area (Å²) in [4.78, 5) is 0. The van der Waals surface area contributed by atoms with Gasteiger partial charge in [0, 0.05) is 10.6 Å². The van der Waals surface area contributed by atoms with E-state index in [4.69, 9.17) is 25.8 Å². The summed E-state index contributed by atoms with van der Waals surface area (Å²) in [6.07, 6.45) is 1.75. The molecule has 5 nitrogen and oxygen atoms in total. The number of nitrogens with one attached hydrogen (secondary N) is 1. The molecule has 0 heterocycles. The van der Waals surface area contributed by atoms with Crippen LogP contribution in [0.15, 0.2) is 70.2 Å². The molecule has 0 bridgehead atoms. The van der Waals surface area contributed by atoms with E-state index in [0.29, 0.717) is 29.7 Å². The van der Waals surface area contributed by atoms with Gasteiger partial charge in [-0.25, -0.2) is 0 Å². The highest BCUT2D eigenvalue weighted by Crippen LogP contribution is 2.28. The van der Waals surface area contributed by atoms with Crippen molar-refractivity contribution in [2.45, 2.75) is 13.2 Å². The Labute approximate surface area is 189 Å². The summed E-state index contributed by atoms with van der Waals surface area (Å²) < 4.78 is 17.3. The van der Waals surface area contributed by atoms with Crippen LogP contribution < -0.4 is 19.6 Å². The summed E-state index contributed by atoms with van der Waals surface area (Å²) >= 11 is 9.72. The Bertz CT molecular complexity index is 1030. The largest absolute Gasteiger partial charge is 0.493 e. The maximum absolute atomic E-state index is 6.17. The molecule has 7 heteroatoms. The first-order valence-electron chi connectivity index (χ1n) is 9.23. The molecular weight excluding hydrogens is 468 g/mol. The lowest BCUT2D eigenvalue weighted by atomic mass is 10.2. The van der Waals surface area contributed by atoms with Crippen LogP contribution in [-0.2, 0) is 13.2 Å². The zero-order valence-corrected chi connectivity index (χ0v) is 19.0. The summed E-state index contributed by atoms with van der Waals surface area (Å²) in [6, 6.07) is 19.2. The van der Waals surface area contributed by atoms with Gasteiger partial charge in [-0.1, -0.05) is 35.9 Å². The second-order valence-electron chi connectivity index (χ2n) is 6.35. The third kappa shape index (κ3) is 5.90. The molecule has 0 unspecified atom stereocenters. The maximum Gasteiger partial charge on any atom is 0.161 e. The summed E-state index contributed by atoms with van der Waals surface area (Å²) in [7, 11) is 3.23. The number of benzene rings is 3. The van der Waals surface area contributed by atoms with Gasteiger partial charge in [0.15, 0.2) is 11.5 Å². The first-order chi connectivity index (χ1) is 14.6. The molecule has 0 amide bonds. The number of halogens is 2. The average molecular weight is 490 g/mol. The Kier molecular flexibility index (Phi) is 7.99. The minimum Gasteiger partial charge on any atom is -0.493 e. The molecule has 0 saturated heterocycles. The van der Waals surface area contributed by atoms with Crippen LogP contribution in [0.4, 0.5) is 0 Å². The van der Waals surface area contributed by atoms with E-state index in [1.165, 1.54) is 0 Å². The van der Waals surface area contributed by atoms with Crippen LogP contribution in [0.3, 0.4) is 0 Å². The number of nitrogens with zero attached hydrogens (tertiary/aromatic N) is 1. The molecule has 156 valence electrons. The Morgan fingerprint density at radius 2 is 1.73 bits per heavy atom. The van der Waals surface area contributed by atoms with E-state index in [0.717, 1.165) is 26.9 Å². The van der Waals surface area contributed by atoms with Crippen molar-refractivity contribution in [3.63, 3.8) is 0 Å². The van der Waals surface area contributed by atoms with E-state index in [1.807, 2.05) is 60.7 Å². The first kappa shape index (κ1) is 22.0. The Morgan fingerprint density at radius 3 is 2.47 bits per heavy atom. The third-order valence-corrected chi connectivity index (χ3v) is 5.32. The maximum atomic E-state index is 6.17. The van der Waals surface area contributed by atoms with Crippen LogP contribution >= 0.6 is 27.5 Å². The lowest BCUT2D eigenvalue weighted by Crippen LogP contribution is -2.06. The normalized spacial score (nSPS) is 10.8. The lowest BCUT2D eigenvalue weighted by Gasteiger charge is -2.10. The molecule has 30 heavy (non-hydrogen) atoms. The van der Waals surface area contributed by atoms with Gasteiger partial charge >= 0.3 is 0 Å². The molecule has 3 aromatic rings. The summed E-state index contributed by atoms with van der Waals surface area (Å²) in [6.45, 7) is 0.968. The number of rotatable bonds is 9. The molecular formula is C23H22BrClN2O3. The van der Waals surface area contributed by atoms with Crippen molar-refractivity contribution in [3.8, 4) is 17.2 Å². The van der Waals surface area contributed by atoms with Crippen molar-refractivity contribution in [2.24, 2.45) is 5.10 Å². The second kappa shape index (κ2) is 10.9. The van der Waals surface area contributed by atoms with Gasteiger partial charge in [0.1, 0.15) is 12.4 Å². The van der Waals surface area contributed by atoms with Crippen molar-refractivity contribution in [2.75, 3.05) is 14.2 Å². The summed E-state index contributed by atoms with van der Waals surface area (Å²) in [5.74, 6) is 2.13. The smallest absolute Gasteiger partial charge is 0.161 e. The van der Waals surface area contributed by atoms with Gasteiger partial charge in [0.25, 0.3) is 0 Å². The molecule has 3 aromatic carbocycles. The molecule has 0 aliphatic heterocycles. The van der Waals surface area contributed by atoms with Crippen molar-refractivity contribution < 1.29 is 14.2 Å². The monoisotopic (exact) mass is 488 g/mol. The van der Waals surface area contributed by atoms with Crippen LogP contribution in [-0.4, -0.2) is 20.4 Å². The predicted octanol–water partition coefficient (Wildman–Crippen LogP) is 5.82. The Balaban J connectivity index is 1.55. The molecule has 0 aliphatic carbocycles. The van der Waals surface area contributed by atoms with E-state index in [-0.39, 0.29) is 0 Å². The van der Waals surface area contributed by atoms with E-state index in [2.05, 4.69) is 26.5 Å². The molecule has 0 fully saturated rings. The Morgan fingerprint density at radius 1 is 0.967 bits per heavy atom. The van der Waals surface area contributed by atoms with Crippen molar-refractivity contribution >= 4 is 33.7 Å². The standard InChI is InChI=1S/C23H22BrClN2O3/c1-28-22-10-8-17(12-23(22)29-2)14-27-26-13-16-7-9-21(19(24)11-16)30-15-18-5-3-4-6-20(18)25/h3-13,27H,14-15H2,1-2H3/b26-13+. The fourth-order valence-corrected chi connectivity index (χ4v) is 3.43. The molecule has 0 aromatic heterocycles. The zero-order valence-electron chi connectivity index (χ0n) is 16.7. The van der Waals surface area contributed by atoms with Crippen LogP contribution in [0.1, 0.15) is 16.7 Å². The SMILES string of the molecule is COc1ccc(CN/N=C/c2ccc(OCc3ccccc3Cl)c(Br)c2)cc1OC. The highest BCUT2D eigenvalue weighted by molar-refractivity contribution is 9.10. The van der Waals surface area contributed by atoms with Gasteiger partial charge in [-0.05, 0) is 63.5 Å². The number of hydrazone groups is 1. The molecule has 3 rings (SSSR count). The Hall–Kier alpha value is -2.70. The third-order valence-electron chi connectivity index (χ3n) is 4.33. The van der Waals surface area contributed by atoms with Crippen LogP contribution in [0, 0.1) is 0 Å². The number of hydrogen-bond acceptors (Lipinski definition) is 5. The van der Waals surface area contributed by atoms with Crippen LogP contribution in [0.25, 0.3) is 0 Å². The highest BCUT2D eigenvalue weighted by atomic mass is 79.9. The first-order valence-corrected chi connectivity index (χ1v) is 10.4. The van der Waals surface area contributed by atoms with Gasteiger partial charge in [-0.3, -0.25) is 0 Å². The number of methoxy groups -OCH3 is 2. The van der Waals surface area contributed by atoms with E-state index < -0.39 is 0 Å². The van der Waals surface area contributed by atoms with Gasteiger partial charge in [-0.2, -0.15) is 5.10 Å². The van der Waals surface area contributed by atoms with Crippen molar-refractivity contribution in [1.82, 2.24) is 5.43 Å². The van der Waals surface area contributed by atoms with Gasteiger partial charge in [-0.15, -0.1) is 0 Å².